The average molecular weight is 298 g/mol. The molecule has 0 saturated carbocycles. The number of hydrogen-bond acceptors (Lipinski definition) is 6. The fraction of sp³-hybridized carbons (Fsp3) is 0.133. The quantitative estimate of drug-likeness (QED) is 0.746. The predicted molar refractivity (Wildman–Crippen MR) is 78.5 cm³/mol. The van der Waals surface area contributed by atoms with Crippen LogP contribution in [0.2, 0.25) is 0 Å². The topological polar surface area (TPSA) is 93.3 Å². The maximum atomic E-state index is 9.51. The molecule has 7 nitrogen and oxygen atoms in total. The van der Waals surface area contributed by atoms with E-state index in [0.717, 1.165) is 11.3 Å². The first-order valence-corrected chi connectivity index (χ1v) is 6.66. The summed E-state index contributed by atoms with van der Waals surface area (Å²) in [6.07, 6.45) is 6.45. The zero-order valence-corrected chi connectivity index (χ0v) is 11.6. The predicted octanol–water partition coefficient (Wildman–Crippen LogP) is 1.83. The first kappa shape index (κ1) is 13.9. The van der Waals surface area contributed by atoms with Gasteiger partial charge in [0.25, 0.3) is 0 Å². The van der Waals surface area contributed by atoms with Crippen molar-refractivity contribution in [3.63, 3.8) is 0 Å². The average Bonchev–Trinajstić information content (AvgIpc) is 2.88. The van der Waals surface area contributed by atoms with Crippen LogP contribution in [-0.2, 0) is 6.54 Å². The summed E-state index contributed by atoms with van der Waals surface area (Å²) in [6, 6.07) is 6.46. The molecule has 0 saturated heterocycles. The highest BCUT2D eigenvalue weighted by Crippen LogP contribution is 2.21. The minimum atomic E-state index is -0.00125. The van der Waals surface area contributed by atoms with Crippen molar-refractivity contribution >= 4 is 0 Å². The van der Waals surface area contributed by atoms with Gasteiger partial charge in [0.1, 0.15) is 18.7 Å². The van der Waals surface area contributed by atoms with Gasteiger partial charge in [-0.1, -0.05) is 0 Å². The molecule has 0 bridgehead atoms. The van der Waals surface area contributed by atoms with E-state index in [1.165, 1.54) is 23.0 Å². The maximum Gasteiger partial charge on any atom is 0.193 e. The van der Waals surface area contributed by atoms with Gasteiger partial charge in [-0.05, 0) is 12.1 Å². The highest BCUT2D eigenvalue weighted by Gasteiger charge is 2.06. The molecular weight excluding hydrogens is 284 g/mol. The molecule has 0 aliphatic carbocycles. The highest BCUT2D eigenvalue weighted by atomic mass is 16.5. The van der Waals surface area contributed by atoms with Crippen LogP contribution in [0.4, 0.5) is 0 Å². The van der Waals surface area contributed by atoms with Gasteiger partial charge in [0, 0.05) is 30.1 Å². The van der Waals surface area contributed by atoms with Gasteiger partial charge < -0.3 is 14.9 Å². The molecule has 7 heteroatoms. The molecule has 0 aliphatic heterocycles. The minimum Gasteiger partial charge on any atom is -0.494 e. The van der Waals surface area contributed by atoms with E-state index in [9.17, 15) is 10.2 Å². The van der Waals surface area contributed by atoms with Crippen LogP contribution in [0.1, 0.15) is 0 Å². The molecular formula is C15H14N4O3. The first-order chi connectivity index (χ1) is 10.7. The lowest BCUT2D eigenvalue weighted by atomic mass is 10.2. The number of ether oxygens (including phenoxy) is 1. The van der Waals surface area contributed by atoms with Gasteiger partial charge in [-0.15, -0.1) is 0 Å². The van der Waals surface area contributed by atoms with Gasteiger partial charge >= 0.3 is 0 Å². The van der Waals surface area contributed by atoms with Crippen molar-refractivity contribution in [3.05, 3.63) is 49.2 Å². The van der Waals surface area contributed by atoms with Crippen LogP contribution >= 0.6 is 0 Å². The Morgan fingerprint density at radius 1 is 0.955 bits per heavy atom. The van der Waals surface area contributed by atoms with Crippen LogP contribution in [0.25, 0.3) is 11.3 Å². The number of aromatic nitrogens is 4. The standard InChI is InChI=1S/C15H14N4O3/c20-14-3-4-15(21)19(14)5-6-22-12-1-2-13(18-9-12)11-7-16-10-17-8-11/h1-4,7-10,20-21H,5-6H2. The third kappa shape index (κ3) is 2.98. The third-order valence-corrected chi connectivity index (χ3v) is 3.11. The Morgan fingerprint density at radius 3 is 2.32 bits per heavy atom. The van der Waals surface area contributed by atoms with Gasteiger partial charge in [0.2, 0.25) is 0 Å². The Hall–Kier alpha value is -3.09. The van der Waals surface area contributed by atoms with Crippen LogP contribution in [-0.4, -0.2) is 36.3 Å². The van der Waals surface area contributed by atoms with Crippen molar-refractivity contribution in [2.75, 3.05) is 6.61 Å². The van der Waals surface area contributed by atoms with Crippen molar-refractivity contribution in [3.8, 4) is 28.8 Å². The Labute approximate surface area is 126 Å². The van der Waals surface area contributed by atoms with Crippen LogP contribution in [0.5, 0.6) is 17.5 Å². The van der Waals surface area contributed by atoms with Crippen LogP contribution in [0.15, 0.2) is 49.2 Å². The van der Waals surface area contributed by atoms with Crippen molar-refractivity contribution in [1.29, 1.82) is 0 Å². The number of aromatic hydroxyl groups is 2. The molecule has 0 aromatic carbocycles. The van der Waals surface area contributed by atoms with Crippen LogP contribution in [0, 0.1) is 0 Å². The maximum absolute atomic E-state index is 9.51. The fourth-order valence-electron chi connectivity index (χ4n) is 2.00. The molecule has 3 aromatic rings. The second-order valence-corrected chi connectivity index (χ2v) is 4.56. The summed E-state index contributed by atoms with van der Waals surface area (Å²) in [4.78, 5) is 12.2. The second kappa shape index (κ2) is 6.13. The molecule has 0 fully saturated rings. The lowest BCUT2D eigenvalue weighted by Crippen LogP contribution is -2.07. The molecule has 0 atom stereocenters. The molecule has 0 unspecified atom stereocenters. The molecule has 2 N–H and O–H groups in total. The summed E-state index contributed by atoms with van der Waals surface area (Å²) in [5, 5.41) is 19.0. The Kier molecular flexibility index (Phi) is 3.86. The Bertz CT molecular complexity index is 722. The lowest BCUT2D eigenvalue weighted by Gasteiger charge is -2.09. The summed E-state index contributed by atoms with van der Waals surface area (Å²) in [7, 11) is 0. The first-order valence-electron chi connectivity index (χ1n) is 6.66. The second-order valence-electron chi connectivity index (χ2n) is 4.56. The third-order valence-electron chi connectivity index (χ3n) is 3.11. The molecule has 0 aliphatic rings. The number of nitrogens with zero attached hydrogens (tertiary/aromatic N) is 4. The van der Waals surface area contributed by atoms with E-state index in [2.05, 4.69) is 15.0 Å². The number of pyridine rings is 1. The van der Waals surface area contributed by atoms with Gasteiger partial charge in [-0.3, -0.25) is 9.55 Å². The fourth-order valence-corrected chi connectivity index (χ4v) is 2.00. The molecule has 112 valence electrons. The minimum absolute atomic E-state index is 0.00125. The van der Waals surface area contributed by atoms with Gasteiger partial charge in [-0.25, -0.2) is 9.97 Å². The van der Waals surface area contributed by atoms with E-state index < -0.39 is 0 Å². The highest BCUT2D eigenvalue weighted by molar-refractivity contribution is 5.56. The molecule has 22 heavy (non-hydrogen) atoms. The van der Waals surface area contributed by atoms with Crippen molar-refractivity contribution in [2.24, 2.45) is 0 Å². The van der Waals surface area contributed by atoms with Crippen molar-refractivity contribution in [2.45, 2.75) is 6.54 Å². The summed E-state index contributed by atoms with van der Waals surface area (Å²) < 4.78 is 6.89. The van der Waals surface area contributed by atoms with Gasteiger partial charge in [0.15, 0.2) is 11.8 Å². The van der Waals surface area contributed by atoms with E-state index in [-0.39, 0.29) is 11.8 Å². The summed E-state index contributed by atoms with van der Waals surface area (Å²) in [5.41, 5.74) is 1.59. The number of rotatable bonds is 5. The van der Waals surface area contributed by atoms with Crippen molar-refractivity contribution in [1.82, 2.24) is 19.5 Å². The molecule has 0 radical (unpaired) electrons. The summed E-state index contributed by atoms with van der Waals surface area (Å²) >= 11 is 0. The van der Waals surface area contributed by atoms with E-state index in [1.807, 2.05) is 6.07 Å². The smallest absolute Gasteiger partial charge is 0.193 e. The van der Waals surface area contributed by atoms with Crippen LogP contribution in [0.3, 0.4) is 0 Å². The lowest BCUT2D eigenvalue weighted by molar-refractivity contribution is 0.274. The molecule has 3 aromatic heterocycles. The molecule has 3 heterocycles. The molecule has 0 amide bonds. The zero-order chi connectivity index (χ0) is 15.4. The monoisotopic (exact) mass is 298 g/mol. The van der Waals surface area contributed by atoms with Crippen LogP contribution < -0.4 is 4.74 Å². The van der Waals surface area contributed by atoms with Gasteiger partial charge in [0.05, 0.1) is 18.4 Å². The summed E-state index contributed by atoms with van der Waals surface area (Å²) in [6.45, 7) is 0.629. The van der Waals surface area contributed by atoms with E-state index in [0.29, 0.717) is 18.9 Å². The number of hydrogen-bond donors (Lipinski definition) is 2. The largest absolute Gasteiger partial charge is 0.494 e. The Morgan fingerprint density at radius 2 is 1.68 bits per heavy atom. The molecule has 3 rings (SSSR count). The normalized spacial score (nSPS) is 10.5. The SMILES string of the molecule is Oc1ccc(O)n1CCOc1ccc(-c2cncnc2)nc1. The summed E-state index contributed by atoms with van der Waals surface area (Å²) in [5.74, 6) is 0.601. The Balaban J connectivity index is 1.60. The molecule has 0 spiro atoms. The van der Waals surface area contributed by atoms with Gasteiger partial charge in [-0.2, -0.15) is 0 Å². The van der Waals surface area contributed by atoms with E-state index in [1.54, 1.807) is 24.7 Å². The van der Waals surface area contributed by atoms with Crippen molar-refractivity contribution < 1.29 is 14.9 Å². The van der Waals surface area contributed by atoms with E-state index in [4.69, 9.17) is 4.74 Å². The zero-order valence-electron chi connectivity index (χ0n) is 11.6. The van der Waals surface area contributed by atoms with E-state index >= 15 is 0 Å².